The molecule has 0 fully saturated rings. The van der Waals surface area contributed by atoms with Crippen LogP contribution in [-0.4, -0.2) is 33.6 Å². The number of nitrogens with zero attached hydrogens (tertiary/aromatic N) is 3. The first-order chi connectivity index (χ1) is 18.6. The van der Waals surface area contributed by atoms with Crippen LogP contribution in [0.25, 0.3) is 17.0 Å². The molecule has 40 heavy (non-hydrogen) atoms. The Hall–Kier alpha value is -3.83. The van der Waals surface area contributed by atoms with E-state index in [2.05, 4.69) is 10.3 Å². The number of rotatable bonds is 5. The Balaban J connectivity index is 0.00000370. The molecule has 2 aromatic heterocycles. The lowest BCUT2D eigenvalue weighted by Gasteiger charge is -2.27. The molecule has 1 aliphatic heterocycles. The van der Waals surface area contributed by atoms with Gasteiger partial charge in [0, 0.05) is 49.9 Å². The largest absolute Gasteiger partial charge is 0.416 e. The fourth-order valence-electron chi connectivity index (χ4n) is 4.74. The molecule has 0 bridgehead atoms. The van der Waals surface area contributed by atoms with Crippen molar-refractivity contribution in [2.24, 2.45) is 0 Å². The monoisotopic (exact) mass is 580 g/mol. The first kappa shape index (κ1) is 29.2. The third-order valence-electron chi connectivity index (χ3n) is 6.61. The van der Waals surface area contributed by atoms with Gasteiger partial charge in [-0.25, -0.2) is 18.6 Å². The molecular weight excluding hydrogens is 558 g/mol. The lowest BCUT2D eigenvalue weighted by molar-refractivity contribution is -0.137. The van der Waals surface area contributed by atoms with E-state index in [1.54, 1.807) is 12.2 Å². The van der Waals surface area contributed by atoms with E-state index in [0.29, 0.717) is 48.3 Å². The Kier molecular flexibility index (Phi) is 8.55. The van der Waals surface area contributed by atoms with Gasteiger partial charge in [0.1, 0.15) is 0 Å². The summed E-state index contributed by atoms with van der Waals surface area (Å²) < 4.78 is 81.9. The van der Waals surface area contributed by atoms with Gasteiger partial charge in [-0.1, -0.05) is 24.3 Å². The number of fused-ring (bicyclic) bond motifs is 3. The maximum absolute atomic E-state index is 13.5. The second kappa shape index (κ2) is 11.7. The number of carbonyl (C=O) groups is 1. The minimum Gasteiger partial charge on any atom is -0.333 e. The van der Waals surface area contributed by atoms with E-state index in [1.165, 1.54) is 29.0 Å². The van der Waals surface area contributed by atoms with Crippen molar-refractivity contribution in [3.63, 3.8) is 0 Å². The fourth-order valence-corrected chi connectivity index (χ4v) is 4.74. The molecule has 0 unspecified atom stereocenters. The highest BCUT2D eigenvalue weighted by Crippen LogP contribution is 2.36. The summed E-state index contributed by atoms with van der Waals surface area (Å²) >= 11 is 0. The molecule has 3 heterocycles. The molecule has 0 spiro atoms. The molecule has 0 radical (unpaired) electrons. The van der Waals surface area contributed by atoms with Crippen LogP contribution in [0.3, 0.4) is 0 Å². The van der Waals surface area contributed by atoms with E-state index in [1.807, 2.05) is 4.90 Å². The van der Waals surface area contributed by atoms with Crippen molar-refractivity contribution in [1.29, 1.82) is 0 Å². The van der Waals surface area contributed by atoms with Crippen molar-refractivity contribution in [2.75, 3.05) is 13.1 Å². The predicted molar refractivity (Wildman–Crippen MR) is 140 cm³/mol. The number of benzene rings is 2. The maximum atomic E-state index is 13.5. The number of alkyl halides is 3. The van der Waals surface area contributed by atoms with E-state index < -0.39 is 35.4 Å². The summed E-state index contributed by atoms with van der Waals surface area (Å²) in [6, 6.07) is 8.99. The lowest BCUT2D eigenvalue weighted by Crippen LogP contribution is -2.34. The maximum Gasteiger partial charge on any atom is 0.416 e. The first-order valence-corrected chi connectivity index (χ1v) is 12.1. The van der Waals surface area contributed by atoms with E-state index in [4.69, 9.17) is 0 Å². The van der Waals surface area contributed by atoms with Gasteiger partial charge < -0.3 is 5.32 Å². The molecule has 0 saturated carbocycles. The van der Waals surface area contributed by atoms with Crippen LogP contribution in [0.15, 0.2) is 60.8 Å². The van der Waals surface area contributed by atoms with Gasteiger partial charge in [-0.05, 0) is 53.1 Å². The number of aromatic nitrogens is 2. The molecule has 0 atom stereocenters. The Morgan fingerprint density at radius 3 is 2.55 bits per heavy atom. The minimum atomic E-state index is -4.59. The van der Waals surface area contributed by atoms with E-state index in [0.717, 1.165) is 35.9 Å². The predicted octanol–water partition coefficient (Wildman–Crippen LogP) is 6.72. The van der Waals surface area contributed by atoms with E-state index in [-0.39, 0.29) is 24.5 Å². The second-order valence-electron chi connectivity index (χ2n) is 9.20. The molecule has 210 valence electrons. The fraction of sp³-hybridized carbons (Fsp3) is 0.214. The SMILES string of the molecule is Cl.O=C(NCc1ccnc(F)c1)n1c2c(c3ccc(C(F)(F)F)cc31)CN(C/C=C/c1ccc(F)c(F)c1)CC2. The Labute approximate surface area is 231 Å². The summed E-state index contributed by atoms with van der Waals surface area (Å²) in [7, 11) is 0. The smallest absolute Gasteiger partial charge is 0.333 e. The third-order valence-corrected chi connectivity index (χ3v) is 6.61. The van der Waals surface area contributed by atoms with Crippen LogP contribution in [0.5, 0.6) is 0 Å². The van der Waals surface area contributed by atoms with Crippen LogP contribution in [0.4, 0.5) is 31.1 Å². The van der Waals surface area contributed by atoms with Crippen molar-refractivity contribution in [3.8, 4) is 0 Å². The van der Waals surface area contributed by atoms with Gasteiger partial charge in [0.05, 0.1) is 11.1 Å². The average Bonchev–Trinajstić information content (AvgIpc) is 3.22. The summed E-state index contributed by atoms with van der Waals surface area (Å²) in [4.78, 5) is 18.8. The average molecular weight is 581 g/mol. The van der Waals surface area contributed by atoms with Crippen molar-refractivity contribution in [3.05, 3.63) is 106 Å². The van der Waals surface area contributed by atoms with Crippen LogP contribution in [-0.2, 0) is 25.7 Å². The molecule has 0 aliphatic carbocycles. The molecule has 1 aliphatic rings. The molecule has 0 saturated heterocycles. The summed E-state index contributed by atoms with van der Waals surface area (Å²) in [6.45, 7) is 1.30. The molecule has 5 nitrogen and oxygen atoms in total. The quantitative estimate of drug-likeness (QED) is 0.211. The number of nitrogens with one attached hydrogen (secondary N) is 1. The van der Waals surface area contributed by atoms with Crippen LogP contribution in [0, 0.1) is 17.6 Å². The Bertz CT molecular complexity index is 1580. The zero-order valence-electron chi connectivity index (χ0n) is 20.8. The zero-order chi connectivity index (χ0) is 27.7. The minimum absolute atomic E-state index is 0. The first-order valence-electron chi connectivity index (χ1n) is 12.1. The third kappa shape index (κ3) is 6.15. The molecule has 1 amide bonds. The van der Waals surface area contributed by atoms with E-state index >= 15 is 0 Å². The molecule has 4 aromatic rings. The van der Waals surface area contributed by atoms with Gasteiger partial charge in [-0.3, -0.25) is 9.47 Å². The van der Waals surface area contributed by atoms with Gasteiger partial charge in [0.25, 0.3) is 0 Å². The number of pyridine rings is 1. The highest BCUT2D eigenvalue weighted by molar-refractivity contribution is 5.96. The highest BCUT2D eigenvalue weighted by atomic mass is 35.5. The molecular formula is C28H23ClF6N4O. The lowest BCUT2D eigenvalue weighted by atomic mass is 10.0. The molecule has 12 heteroatoms. The van der Waals surface area contributed by atoms with Crippen LogP contribution < -0.4 is 5.32 Å². The highest BCUT2D eigenvalue weighted by Gasteiger charge is 2.33. The number of amides is 1. The number of carbonyl (C=O) groups excluding carboxylic acids is 1. The molecule has 5 rings (SSSR count). The van der Waals surface area contributed by atoms with Gasteiger partial charge in [0.15, 0.2) is 11.6 Å². The standard InChI is InChI=1S/C28H22F6N4O.ClH/c29-22-6-3-17(12-23(22)30)2-1-10-37-11-8-24-21(16-37)20-5-4-19(28(32,33)34)14-25(20)38(24)27(39)36-15-18-7-9-35-26(31)13-18;/h1-7,9,12-14H,8,10-11,15-16H2,(H,36,39);1H/b2-1+;. The van der Waals surface area contributed by atoms with Crippen molar-refractivity contribution in [2.45, 2.75) is 25.7 Å². The summed E-state index contributed by atoms with van der Waals surface area (Å²) in [5.41, 5.74) is 1.54. The van der Waals surface area contributed by atoms with Crippen LogP contribution >= 0.6 is 12.4 Å². The summed E-state index contributed by atoms with van der Waals surface area (Å²) in [5.74, 6) is -2.59. The summed E-state index contributed by atoms with van der Waals surface area (Å²) in [5, 5.41) is 3.19. The Morgan fingerprint density at radius 2 is 1.82 bits per heavy atom. The van der Waals surface area contributed by atoms with Gasteiger partial charge in [-0.2, -0.15) is 17.6 Å². The van der Waals surface area contributed by atoms with Gasteiger partial charge in [-0.15, -0.1) is 12.4 Å². The van der Waals surface area contributed by atoms with Crippen molar-refractivity contribution < 1.29 is 31.1 Å². The van der Waals surface area contributed by atoms with E-state index in [9.17, 15) is 31.1 Å². The van der Waals surface area contributed by atoms with Crippen molar-refractivity contribution >= 4 is 35.4 Å². The molecule has 1 N–H and O–H groups in total. The van der Waals surface area contributed by atoms with Crippen LogP contribution in [0.2, 0.25) is 0 Å². The number of hydrogen-bond donors (Lipinski definition) is 1. The summed E-state index contributed by atoms with van der Waals surface area (Å²) in [6.07, 6.45) is 0.508. The zero-order valence-corrected chi connectivity index (χ0v) is 21.6. The van der Waals surface area contributed by atoms with Gasteiger partial charge >= 0.3 is 12.2 Å². The number of halogens is 7. The Morgan fingerprint density at radius 1 is 1.02 bits per heavy atom. The van der Waals surface area contributed by atoms with Crippen molar-refractivity contribution in [1.82, 2.24) is 19.8 Å². The topological polar surface area (TPSA) is 50.2 Å². The number of hydrogen-bond acceptors (Lipinski definition) is 3. The normalized spacial score (nSPS) is 13.8. The second-order valence-corrected chi connectivity index (χ2v) is 9.20. The van der Waals surface area contributed by atoms with Crippen LogP contribution in [0.1, 0.15) is 27.9 Å². The molecule has 2 aromatic carbocycles. The van der Waals surface area contributed by atoms with Gasteiger partial charge in [0.2, 0.25) is 5.95 Å².